The van der Waals surface area contributed by atoms with Crippen molar-refractivity contribution in [3.8, 4) is 0 Å². The highest BCUT2D eigenvalue weighted by atomic mass is 16.5. The number of carbonyl (C=O) groups is 2. The Labute approximate surface area is 160 Å². The van der Waals surface area contributed by atoms with Gasteiger partial charge in [-0.25, -0.2) is 9.59 Å². The average molecular weight is 369 g/mol. The van der Waals surface area contributed by atoms with E-state index in [9.17, 15) is 9.59 Å². The zero-order valence-corrected chi connectivity index (χ0v) is 17.3. The Morgan fingerprint density at radius 2 is 1.27 bits per heavy atom. The van der Waals surface area contributed by atoms with Crippen LogP contribution in [0.1, 0.15) is 104 Å². The summed E-state index contributed by atoms with van der Waals surface area (Å²) >= 11 is 0. The highest BCUT2D eigenvalue weighted by Crippen LogP contribution is 2.10. The normalized spacial score (nSPS) is 12.3. The molecule has 1 atom stereocenters. The van der Waals surface area contributed by atoms with Crippen molar-refractivity contribution in [3.63, 3.8) is 0 Å². The van der Waals surface area contributed by atoms with Crippen LogP contribution in [0.3, 0.4) is 0 Å². The average Bonchev–Trinajstić information content (AvgIpc) is 2.64. The molecular weight excluding hydrogens is 328 g/mol. The summed E-state index contributed by atoms with van der Waals surface area (Å²) in [6, 6.07) is 0. The number of ether oxygens (including phenoxy) is 2. The zero-order chi connectivity index (χ0) is 19.5. The molecular formula is C22H40O4. The molecule has 4 nitrogen and oxygen atoms in total. The molecule has 0 saturated carbocycles. The molecule has 0 rings (SSSR count). The molecule has 0 fully saturated rings. The van der Waals surface area contributed by atoms with Gasteiger partial charge < -0.3 is 9.47 Å². The van der Waals surface area contributed by atoms with E-state index in [1.54, 1.807) is 0 Å². The van der Waals surface area contributed by atoms with Crippen LogP contribution in [0.25, 0.3) is 0 Å². The molecule has 152 valence electrons. The predicted molar refractivity (Wildman–Crippen MR) is 107 cm³/mol. The first kappa shape index (κ1) is 24.7. The maximum Gasteiger partial charge on any atom is 0.331 e. The van der Waals surface area contributed by atoms with Gasteiger partial charge in [0, 0.05) is 12.2 Å². The van der Waals surface area contributed by atoms with Crippen LogP contribution >= 0.6 is 0 Å². The third-order valence-electron chi connectivity index (χ3n) is 4.47. The quantitative estimate of drug-likeness (QED) is 0.176. The lowest BCUT2D eigenvalue weighted by molar-refractivity contribution is -0.144. The van der Waals surface area contributed by atoms with Gasteiger partial charge in [-0.1, -0.05) is 85.0 Å². The monoisotopic (exact) mass is 368 g/mol. The smallest absolute Gasteiger partial charge is 0.331 e. The lowest BCUT2D eigenvalue weighted by atomic mass is 10.1. The Morgan fingerprint density at radius 3 is 1.85 bits per heavy atom. The highest BCUT2D eigenvalue weighted by Gasteiger charge is 2.10. The first-order valence-corrected chi connectivity index (χ1v) is 10.7. The van der Waals surface area contributed by atoms with Crippen molar-refractivity contribution < 1.29 is 19.1 Å². The molecule has 0 aromatic rings. The van der Waals surface area contributed by atoms with Crippen LogP contribution in [-0.4, -0.2) is 24.6 Å². The van der Waals surface area contributed by atoms with Gasteiger partial charge in [-0.15, -0.1) is 0 Å². The molecule has 0 bridgehead atoms. The molecule has 0 heterocycles. The molecule has 0 radical (unpaired) electrons. The van der Waals surface area contributed by atoms with Gasteiger partial charge in [-0.05, 0) is 19.3 Å². The standard InChI is InChI=1S/C22H40O4/c1-4-7-9-10-11-12-13-14-15-19-25-21(23)17-18-22(24)26-20(6-3)16-8-5-2/h17-18,20H,4-16,19H2,1-3H3/b18-17+. The number of hydrogen-bond acceptors (Lipinski definition) is 4. The van der Waals surface area contributed by atoms with Crippen LogP contribution in [0.5, 0.6) is 0 Å². The molecule has 0 N–H and O–H groups in total. The van der Waals surface area contributed by atoms with E-state index in [1.807, 2.05) is 6.92 Å². The summed E-state index contributed by atoms with van der Waals surface area (Å²) in [5, 5.41) is 0. The van der Waals surface area contributed by atoms with Crippen LogP contribution in [0.2, 0.25) is 0 Å². The Hall–Kier alpha value is -1.32. The Bertz CT molecular complexity index is 376. The third-order valence-corrected chi connectivity index (χ3v) is 4.47. The fourth-order valence-corrected chi connectivity index (χ4v) is 2.75. The fraction of sp³-hybridized carbons (Fsp3) is 0.818. The summed E-state index contributed by atoms with van der Waals surface area (Å²) in [5.74, 6) is -0.934. The van der Waals surface area contributed by atoms with Crippen LogP contribution in [0.4, 0.5) is 0 Å². The summed E-state index contributed by atoms with van der Waals surface area (Å²) in [6.45, 7) is 6.76. The van der Waals surface area contributed by atoms with Crippen molar-refractivity contribution in [2.24, 2.45) is 0 Å². The molecule has 26 heavy (non-hydrogen) atoms. The minimum atomic E-state index is -0.469. The van der Waals surface area contributed by atoms with E-state index in [0.29, 0.717) is 6.61 Å². The first-order chi connectivity index (χ1) is 12.6. The molecule has 0 aromatic heterocycles. The maximum atomic E-state index is 11.7. The second kappa shape index (κ2) is 18.5. The maximum absolute atomic E-state index is 11.7. The van der Waals surface area contributed by atoms with E-state index in [2.05, 4.69) is 13.8 Å². The van der Waals surface area contributed by atoms with E-state index in [0.717, 1.165) is 38.5 Å². The second-order valence-corrected chi connectivity index (χ2v) is 6.94. The van der Waals surface area contributed by atoms with Gasteiger partial charge in [0.1, 0.15) is 6.10 Å². The fourth-order valence-electron chi connectivity index (χ4n) is 2.75. The molecule has 0 spiro atoms. The lowest BCUT2D eigenvalue weighted by Crippen LogP contribution is -2.16. The summed E-state index contributed by atoms with van der Waals surface area (Å²) < 4.78 is 10.4. The van der Waals surface area contributed by atoms with Crippen LogP contribution < -0.4 is 0 Å². The Morgan fingerprint density at radius 1 is 0.731 bits per heavy atom. The van der Waals surface area contributed by atoms with Gasteiger partial charge in [0.15, 0.2) is 0 Å². The molecule has 0 aliphatic heterocycles. The minimum absolute atomic E-state index is 0.0647. The van der Waals surface area contributed by atoms with Crippen LogP contribution in [0, 0.1) is 0 Å². The largest absolute Gasteiger partial charge is 0.463 e. The predicted octanol–water partition coefficient (Wildman–Crippen LogP) is 6.13. The topological polar surface area (TPSA) is 52.6 Å². The lowest BCUT2D eigenvalue weighted by Gasteiger charge is -2.14. The van der Waals surface area contributed by atoms with Gasteiger partial charge in [0.25, 0.3) is 0 Å². The summed E-state index contributed by atoms with van der Waals surface area (Å²) in [4.78, 5) is 23.3. The van der Waals surface area contributed by atoms with Crippen molar-refractivity contribution in [2.75, 3.05) is 6.61 Å². The van der Waals surface area contributed by atoms with E-state index in [4.69, 9.17) is 9.47 Å². The number of rotatable bonds is 17. The number of hydrogen-bond donors (Lipinski definition) is 0. The van der Waals surface area contributed by atoms with Gasteiger partial charge in [0.05, 0.1) is 6.61 Å². The van der Waals surface area contributed by atoms with Crippen LogP contribution in [0.15, 0.2) is 12.2 Å². The van der Waals surface area contributed by atoms with Crippen molar-refractivity contribution >= 4 is 11.9 Å². The molecule has 1 unspecified atom stereocenters. The summed E-state index contributed by atoms with van der Waals surface area (Å²) in [6.07, 6.45) is 17.1. The molecule has 0 aliphatic carbocycles. The molecule has 0 aromatic carbocycles. The Balaban J connectivity index is 3.65. The van der Waals surface area contributed by atoms with E-state index in [1.165, 1.54) is 57.1 Å². The third kappa shape index (κ3) is 16.2. The van der Waals surface area contributed by atoms with Gasteiger partial charge >= 0.3 is 11.9 Å². The van der Waals surface area contributed by atoms with Gasteiger partial charge in [0.2, 0.25) is 0 Å². The Kier molecular flexibility index (Phi) is 17.5. The molecule has 0 saturated heterocycles. The molecule has 0 aliphatic rings. The van der Waals surface area contributed by atoms with Gasteiger partial charge in [-0.3, -0.25) is 0 Å². The van der Waals surface area contributed by atoms with Crippen molar-refractivity contribution in [1.82, 2.24) is 0 Å². The summed E-state index contributed by atoms with van der Waals surface area (Å²) in [7, 11) is 0. The first-order valence-electron chi connectivity index (χ1n) is 10.7. The molecule has 4 heteroatoms. The molecule has 0 amide bonds. The van der Waals surface area contributed by atoms with Crippen molar-refractivity contribution in [1.29, 1.82) is 0 Å². The van der Waals surface area contributed by atoms with Crippen molar-refractivity contribution in [2.45, 2.75) is 110 Å². The van der Waals surface area contributed by atoms with E-state index < -0.39 is 11.9 Å². The second-order valence-electron chi connectivity index (χ2n) is 6.94. The minimum Gasteiger partial charge on any atom is -0.463 e. The number of unbranched alkanes of at least 4 members (excludes halogenated alkanes) is 9. The summed E-state index contributed by atoms with van der Waals surface area (Å²) in [5.41, 5.74) is 0. The van der Waals surface area contributed by atoms with E-state index in [-0.39, 0.29) is 6.10 Å². The van der Waals surface area contributed by atoms with E-state index >= 15 is 0 Å². The SMILES string of the molecule is CCCCCCCCCCCOC(=O)/C=C/C(=O)OC(CC)CCCC. The van der Waals surface area contributed by atoms with Gasteiger partial charge in [-0.2, -0.15) is 0 Å². The zero-order valence-electron chi connectivity index (χ0n) is 17.3. The van der Waals surface area contributed by atoms with Crippen molar-refractivity contribution in [3.05, 3.63) is 12.2 Å². The highest BCUT2D eigenvalue weighted by molar-refractivity contribution is 5.91. The number of esters is 2. The number of carbonyl (C=O) groups excluding carboxylic acids is 2. The van der Waals surface area contributed by atoms with Crippen LogP contribution in [-0.2, 0) is 19.1 Å².